The quantitative estimate of drug-likeness (QED) is 0.179. The maximum absolute atomic E-state index is 6.01. The number of hydrogen-bond donors (Lipinski definition) is 0. The normalized spacial score (nSPS) is 11.3. The van der Waals surface area contributed by atoms with Gasteiger partial charge in [-0.1, -0.05) is 0 Å². The highest BCUT2D eigenvalue weighted by Gasteiger charge is 2.11. The van der Waals surface area contributed by atoms with Crippen LogP contribution in [-0.2, 0) is 0 Å². The predicted octanol–water partition coefficient (Wildman–Crippen LogP) is 8.30. The summed E-state index contributed by atoms with van der Waals surface area (Å²) >= 11 is 4.54. The Kier molecular flexibility index (Phi) is 5.30. The molecular weight excluding hydrogens is 642 g/mol. The monoisotopic (exact) mass is 656 g/mol. The van der Waals surface area contributed by atoms with Crippen molar-refractivity contribution in [3.05, 3.63) is 92.1 Å². The average molecular weight is 656 g/mol. The maximum atomic E-state index is 6.01. The number of nitrogens with zero attached hydrogens (tertiary/aromatic N) is 2. The Balaban J connectivity index is 1.19. The zero-order valence-electron chi connectivity index (χ0n) is 17.0. The molecule has 0 unspecified atom stereocenters. The van der Waals surface area contributed by atoms with Crippen LogP contribution in [0.1, 0.15) is 0 Å². The van der Waals surface area contributed by atoms with Crippen LogP contribution in [0.25, 0.3) is 45.1 Å². The third-order valence-electron chi connectivity index (χ3n) is 5.14. The molecule has 0 saturated heterocycles. The molecule has 0 aliphatic carbocycles. The minimum atomic E-state index is 0.593. The van der Waals surface area contributed by atoms with E-state index in [9.17, 15) is 0 Å². The topological polar surface area (TPSA) is 61.3 Å². The molecular formula is C26H14I2N2O3. The van der Waals surface area contributed by atoms with E-state index in [4.69, 9.17) is 13.6 Å². The van der Waals surface area contributed by atoms with E-state index >= 15 is 0 Å². The van der Waals surface area contributed by atoms with E-state index in [1.54, 1.807) is 0 Å². The van der Waals surface area contributed by atoms with Crippen molar-refractivity contribution in [2.24, 2.45) is 0 Å². The van der Waals surface area contributed by atoms with Gasteiger partial charge in [-0.05, 0) is 130 Å². The smallest absolute Gasteiger partial charge is 0.227 e. The Morgan fingerprint density at radius 1 is 0.545 bits per heavy atom. The maximum Gasteiger partial charge on any atom is 0.227 e. The summed E-state index contributed by atoms with van der Waals surface area (Å²) in [5, 5.41) is 0. The van der Waals surface area contributed by atoms with Gasteiger partial charge in [-0.2, -0.15) is 0 Å². The lowest BCUT2D eigenvalue weighted by Crippen LogP contribution is -1.85. The lowest BCUT2D eigenvalue weighted by atomic mass is 10.2. The van der Waals surface area contributed by atoms with Crippen molar-refractivity contribution in [2.45, 2.75) is 0 Å². The van der Waals surface area contributed by atoms with Crippen LogP contribution in [0.4, 0.5) is 0 Å². The molecule has 7 heteroatoms. The second-order valence-electron chi connectivity index (χ2n) is 7.41. The average Bonchev–Trinajstić information content (AvgIpc) is 3.43. The summed E-state index contributed by atoms with van der Waals surface area (Å²) in [6.45, 7) is 0. The first-order valence-electron chi connectivity index (χ1n) is 10.1. The first kappa shape index (κ1) is 20.7. The van der Waals surface area contributed by atoms with Crippen molar-refractivity contribution in [1.82, 2.24) is 9.97 Å². The predicted molar refractivity (Wildman–Crippen MR) is 144 cm³/mol. The summed E-state index contributed by atoms with van der Waals surface area (Å²) in [7, 11) is 0. The van der Waals surface area contributed by atoms with Crippen molar-refractivity contribution >= 4 is 67.4 Å². The van der Waals surface area contributed by atoms with Gasteiger partial charge in [0.05, 0.1) is 0 Å². The Hall–Kier alpha value is -2.92. The molecule has 33 heavy (non-hydrogen) atoms. The van der Waals surface area contributed by atoms with Gasteiger partial charge in [-0.15, -0.1) is 0 Å². The molecule has 6 rings (SSSR count). The number of oxazole rings is 2. The van der Waals surface area contributed by atoms with E-state index in [2.05, 4.69) is 55.1 Å². The minimum Gasteiger partial charge on any atom is -0.457 e. The lowest BCUT2D eigenvalue weighted by Gasteiger charge is -2.06. The van der Waals surface area contributed by atoms with Gasteiger partial charge in [0.15, 0.2) is 11.2 Å². The molecule has 0 saturated carbocycles. The van der Waals surface area contributed by atoms with Crippen LogP contribution in [-0.4, -0.2) is 9.97 Å². The van der Waals surface area contributed by atoms with E-state index in [1.807, 2.05) is 84.9 Å². The van der Waals surface area contributed by atoms with E-state index < -0.39 is 0 Å². The molecule has 160 valence electrons. The van der Waals surface area contributed by atoms with Crippen LogP contribution in [0, 0.1) is 7.14 Å². The minimum absolute atomic E-state index is 0.593. The Labute approximate surface area is 216 Å². The summed E-state index contributed by atoms with van der Waals surface area (Å²) in [6, 6.07) is 27.3. The summed E-state index contributed by atoms with van der Waals surface area (Å²) < 4.78 is 20.0. The molecule has 2 aromatic heterocycles. The molecule has 0 fully saturated rings. The van der Waals surface area contributed by atoms with Gasteiger partial charge in [-0.3, -0.25) is 0 Å². The molecule has 4 aromatic carbocycles. The first-order valence-corrected chi connectivity index (χ1v) is 12.3. The number of ether oxygens (including phenoxy) is 1. The lowest BCUT2D eigenvalue weighted by molar-refractivity contribution is 0.482. The van der Waals surface area contributed by atoms with Gasteiger partial charge >= 0.3 is 0 Å². The van der Waals surface area contributed by atoms with Crippen molar-refractivity contribution in [3.63, 3.8) is 0 Å². The Morgan fingerprint density at radius 3 is 1.39 bits per heavy atom. The van der Waals surface area contributed by atoms with Crippen LogP contribution >= 0.6 is 45.2 Å². The summed E-state index contributed by atoms with van der Waals surface area (Å²) in [5.74, 6) is 2.65. The molecule has 0 atom stereocenters. The highest BCUT2D eigenvalue weighted by molar-refractivity contribution is 14.1. The fourth-order valence-corrected chi connectivity index (χ4v) is 4.46. The number of halogens is 2. The van der Waals surface area contributed by atoms with E-state index in [1.165, 1.54) is 0 Å². The van der Waals surface area contributed by atoms with Crippen LogP contribution in [0.5, 0.6) is 11.5 Å². The van der Waals surface area contributed by atoms with Gasteiger partial charge in [0, 0.05) is 18.3 Å². The highest BCUT2D eigenvalue weighted by Crippen LogP contribution is 2.30. The molecule has 0 spiro atoms. The van der Waals surface area contributed by atoms with Crippen molar-refractivity contribution in [3.8, 4) is 34.4 Å². The molecule has 0 amide bonds. The second-order valence-corrected chi connectivity index (χ2v) is 9.90. The molecule has 0 aliphatic heterocycles. The second kappa shape index (κ2) is 8.45. The molecule has 5 nitrogen and oxygen atoms in total. The van der Waals surface area contributed by atoms with Crippen LogP contribution in [0.15, 0.2) is 93.8 Å². The van der Waals surface area contributed by atoms with E-state index in [-0.39, 0.29) is 0 Å². The zero-order chi connectivity index (χ0) is 22.4. The third kappa shape index (κ3) is 4.22. The van der Waals surface area contributed by atoms with Gasteiger partial charge in [0.1, 0.15) is 22.5 Å². The first-order chi connectivity index (χ1) is 16.1. The zero-order valence-corrected chi connectivity index (χ0v) is 21.3. The van der Waals surface area contributed by atoms with Crippen LogP contribution < -0.4 is 4.74 Å². The molecule has 0 radical (unpaired) electrons. The molecule has 0 aliphatic rings. The van der Waals surface area contributed by atoms with E-state index in [0.717, 1.165) is 52.0 Å². The molecule has 2 heterocycles. The number of aromatic nitrogens is 2. The van der Waals surface area contributed by atoms with Gasteiger partial charge in [0.2, 0.25) is 11.8 Å². The van der Waals surface area contributed by atoms with Gasteiger partial charge in [0.25, 0.3) is 0 Å². The van der Waals surface area contributed by atoms with E-state index in [0.29, 0.717) is 11.8 Å². The number of benzene rings is 4. The molecule has 0 bridgehead atoms. The highest BCUT2D eigenvalue weighted by atomic mass is 127. The largest absolute Gasteiger partial charge is 0.457 e. The fraction of sp³-hybridized carbons (Fsp3) is 0. The summed E-state index contributed by atoms with van der Waals surface area (Å²) in [5.41, 5.74) is 5.06. The van der Waals surface area contributed by atoms with Crippen LogP contribution in [0.3, 0.4) is 0 Å². The Bertz CT molecular complexity index is 1480. The molecule has 0 N–H and O–H groups in total. The fourth-order valence-electron chi connectivity index (χ4n) is 3.52. The Morgan fingerprint density at radius 2 is 0.970 bits per heavy atom. The van der Waals surface area contributed by atoms with Crippen molar-refractivity contribution < 1.29 is 13.6 Å². The van der Waals surface area contributed by atoms with Gasteiger partial charge in [-0.25, -0.2) is 9.97 Å². The van der Waals surface area contributed by atoms with Gasteiger partial charge < -0.3 is 13.6 Å². The van der Waals surface area contributed by atoms with Crippen LogP contribution in [0.2, 0.25) is 0 Å². The van der Waals surface area contributed by atoms with Crippen molar-refractivity contribution in [2.75, 3.05) is 0 Å². The standard InChI is InChI=1S/C26H14I2N2O3/c27-17-5-11-23-21(13-17)29-25(32-23)15-1-7-19(8-2-15)31-20-9-3-16(4-10-20)26-30-22-14-18(28)6-12-24(22)33-26/h1-14H. The number of fused-ring (bicyclic) bond motifs is 2. The van der Waals surface area contributed by atoms with Crippen molar-refractivity contribution in [1.29, 1.82) is 0 Å². The number of hydrogen-bond acceptors (Lipinski definition) is 5. The number of rotatable bonds is 4. The third-order valence-corrected chi connectivity index (χ3v) is 6.48. The SMILES string of the molecule is Ic1ccc2oc(-c3ccc(Oc4ccc(-c5nc6cc(I)ccc6o5)cc4)cc3)nc2c1. The molecule has 6 aromatic rings. The summed E-state index contributed by atoms with van der Waals surface area (Å²) in [4.78, 5) is 9.18. The summed E-state index contributed by atoms with van der Waals surface area (Å²) in [6.07, 6.45) is 0.